The fourth-order valence-electron chi connectivity index (χ4n) is 6.56. The summed E-state index contributed by atoms with van der Waals surface area (Å²) in [4.78, 5) is 117. The first-order chi connectivity index (χ1) is 30.2. The lowest BCUT2D eigenvalue weighted by Crippen LogP contribution is -2.61. The van der Waals surface area contributed by atoms with E-state index in [9.17, 15) is 43.5 Å². The van der Waals surface area contributed by atoms with E-state index in [0.29, 0.717) is 18.6 Å². The summed E-state index contributed by atoms with van der Waals surface area (Å²) in [6.07, 6.45) is 4.21. The Kier molecular flexibility index (Phi) is 27.3. The molecular formula is C38H70N14O9S3. The molecule has 1 aliphatic rings. The van der Waals surface area contributed by atoms with E-state index < -0.39 is 96.2 Å². The molecule has 7 atom stereocenters. The number of thioether (sulfide) groups is 1. The second-order valence-electron chi connectivity index (χ2n) is 15.7. The van der Waals surface area contributed by atoms with E-state index in [1.165, 1.54) is 23.7 Å². The smallest absolute Gasteiger partial charge is 0.327 e. The normalized spacial score (nSPS) is 16.4. The van der Waals surface area contributed by atoms with Crippen LogP contribution >= 0.6 is 37.0 Å². The highest BCUT2D eigenvalue weighted by atomic mass is 32.2. The van der Waals surface area contributed by atoms with E-state index in [1.54, 1.807) is 0 Å². The number of carboxylic acids is 1. The Labute approximate surface area is 390 Å². The molecule has 0 bridgehead atoms. The number of likely N-dealkylation sites (tertiary alicyclic amines) is 1. The maximum atomic E-state index is 14.2. The molecule has 0 unspecified atom stereocenters. The zero-order chi connectivity index (χ0) is 48.5. The number of thiol groups is 2. The molecule has 1 fully saturated rings. The first kappa shape index (κ1) is 57.3. The number of aliphatic imine (C=N–C) groups is 2. The van der Waals surface area contributed by atoms with Crippen LogP contribution in [0.15, 0.2) is 9.98 Å². The van der Waals surface area contributed by atoms with Gasteiger partial charge in [-0.2, -0.15) is 37.0 Å². The molecule has 1 rings (SSSR count). The maximum absolute atomic E-state index is 14.2. The summed E-state index contributed by atoms with van der Waals surface area (Å²) in [5.41, 5.74) is 27.8. The summed E-state index contributed by atoms with van der Waals surface area (Å²) < 4.78 is 0. The van der Waals surface area contributed by atoms with Crippen LogP contribution in [0.1, 0.15) is 71.6 Å². The Morgan fingerprint density at radius 1 is 0.766 bits per heavy atom. The molecule has 0 aromatic rings. The van der Waals surface area contributed by atoms with Crippen molar-refractivity contribution in [2.24, 2.45) is 44.6 Å². The molecule has 0 spiro atoms. The number of carboxylic acid groups (broad SMARTS) is 1. The van der Waals surface area contributed by atoms with E-state index in [4.69, 9.17) is 28.7 Å². The number of piperidine rings is 1. The topological polar surface area (TPSA) is 378 Å². The van der Waals surface area contributed by atoms with Gasteiger partial charge in [0.2, 0.25) is 41.4 Å². The molecule has 0 aromatic carbocycles. The highest BCUT2D eigenvalue weighted by molar-refractivity contribution is 7.98. The van der Waals surface area contributed by atoms with Crippen molar-refractivity contribution in [3.8, 4) is 0 Å². The summed E-state index contributed by atoms with van der Waals surface area (Å²) in [7, 11) is 1.30. The van der Waals surface area contributed by atoms with Crippen molar-refractivity contribution < 1.29 is 43.5 Å². The predicted molar refractivity (Wildman–Crippen MR) is 252 cm³/mol. The molecule has 1 heterocycles. The molecule has 0 aromatic heterocycles. The Morgan fingerprint density at radius 3 is 1.86 bits per heavy atom. The molecule has 364 valence electrons. The van der Waals surface area contributed by atoms with Gasteiger partial charge in [-0.15, -0.1) is 0 Å². The number of likely N-dealkylation sites (N-methyl/N-ethyl adjacent to an activating group) is 1. The van der Waals surface area contributed by atoms with Gasteiger partial charge in [0.15, 0.2) is 11.9 Å². The molecule has 1 aliphatic heterocycles. The zero-order valence-corrected chi connectivity index (χ0v) is 39.7. The largest absolute Gasteiger partial charge is 0.480 e. The number of guanidine groups is 2. The van der Waals surface area contributed by atoms with Crippen LogP contribution in [-0.2, 0) is 38.4 Å². The van der Waals surface area contributed by atoms with Gasteiger partial charge in [0.25, 0.3) is 0 Å². The minimum absolute atomic E-state index is 0.00788. The van der Waals surface area contributed by atoms with Gasteiger partial charge < -0.3 is 70.2 Å². The third kappa shape index (κ3) is 21.3. The van der Waals surface area contributed by atoms with Crippen LogP contribution in [-0.4, -0.2) is 173 Å². The van der Waals surface area contributed by atoms with Gasteiger partial charge in [0.05, 0.1) is 12.6 Å². The Balaban J connectivity index is 3.45. The monoisotopic (exact) mass is 962 g/mol. The van der Waals surface area contributed by atoms with Crippen LogP contribution in [0.5, 0.6) is 0 Å². The van der Waals surface area contributed by atoms with E-state index in [2.05, 4.69) is 61.8 Å². The van der Waals surface area contributed by atoms with Crippen LogP contribution in [0.2, 0.25) is 0 Å². The first-order valence-corrected chi connectivity index (χ1v) is 23.7. The molecule has 0 saturated carbocycles. The van der Waals surface area contributed by atoms with Crippen molar-refractivity contribution >= 4 is 96.3 Å². The minimum atomic E-state index is -1.31. The number of nitrogens with zero attached hydrogens (tertiary/aromatic N) is 4. The van der Waals surface area contributed by atoms with Gasteiger partial charge >= 0.3 is 5.97 Å². The van der Waals surface area contributed by atoms with Crippen LogP contribution in [0.25, 0.3) is 0 Å². The number of nitrogens with two attached hydrogens (primary N) is 5. The highest BCUT2D eigenvalue weighted by Gasteiger charge is 2.38. The van der Waals surface area contributed by atoms with Gasteiger partial charge in [-0.05, 0) is 75.7 Å². The molecule has 16 N–H and O–H groups in total. The second kappa shape index (κ2) is 30.4. The van der Waals surface area contributed by atoms with E-state index >= 15 is 0 Å². The standard InChI is InChI=1S/C38H70N14O9S3/c1-21(2)17-26(32(56)49-24(10-8-14-45-38(42)43)34(58)51(3)18-29(53)46-27(20-63)36(60)61)50-31(55)23(9-7-13-44-37(40)41)47-33(57)28-11-5-6-15-52(28)35(59)25(12-16-64-4)48-30(54)22(39)19-62/h21-28,62-63H,5-20,39H2,1-4H3,(H,46,53)(H,47,57)(H,48,54)(H,49,56)(H,50,55)(H,60,61)(H4,40,41,44)(H4,42,43,45)/t22-,23+,24+,25+,26+,27+,28+/m1/s1. The quantitative estimate of drug-likeness (QED) is 0.0149. The van der Waals surface area contributed by atoms with Crippen LogP contribution in [0.4, 0.5) is 0 Å². The number of nitrogens with one attached hydrogen (secondary N) is 5. The molecular weight excluding hydrogens is 893 g/mol. The molecule has 0 radical (unpaired) electrons. The Bertz CT molecular complexity index is 1640. The van der Waals surface area contributed by atoms with Crippen molar-refractivity contribution in [3.05, 3.63) is 0 Å². The first-order valence-electron chi connectivity index (χ1n) is 21.0. The van der Waals surface area contributed by atoms with Gasteiger partial charge in [-0.1, -0.05) is 13.8 Å². The number of hydrogen-bond acceptors (Lipinski definition) is 14. The zero-order valence-electron chi connectivity index (χ0n) is 37.1. The summed E-state index contributed by atoms with van der Waals surface area (Å²) in [5, 5.41) is 22.5. The number of amides is 7. The lowest BCUT2D eigenvalue weighted by atomic mass is 9.98. The molecule has 7 amide bonds. The average molecular weight is 963 g/mol. The van der Waals surface area contributed by atoms with Crippen molar-refractivity contribution in [2.45, 2.75) is 114 Å². The van der Waals surface area contributed by atoms with Crippen LogP contribution < -0.4 is 55.3 Å². The number of rotatable bonds is 29. The number of carbonyl (C=O) groups is 8. The third-order valence-corrected chi connectivity index (χ3v) is 11.3. The van der Waals surface area contributed by atoms with E-state index in [1.807, 2.05) is 20.1 Å². The second-order valence-corrected chi connectivity index (χ2v) is 17.4. The minimum Gasteiger partial charge on any atom is -0.480 e. The lowest BCUT2D eigenvalue weighted by Gasteiger charge is -2.38. The van der Waals surface area contributed by atoms with Gasteiger partial charge in [-0.3, -0.25) is 43.5 Å². The van der Waals surface area contributed by atoms with Crippen LogP contribution in [0, 0.1) is 5.92 Å². The average Bonchev–Trinajstić information content (AvgIpc) is 3.24. The van der Waals surface area contributed by atoms with Crippen molar-refractivity contribution in [2.75, 3.05) is 56.7 Å². The SMILES string of the molecule is CSCC[C@H](NC(=O)[C@H](N)CS)C(=O)N1CCCC[C@H]1C(=O)N[C@@H](CCCN=C(N)N)C(=O)N[C@@H](CC(C)C)C(=O)N[C@@H](CCCN=C(N)N)C(=O)N(C)CC(=O)N[C@@H](CS)C(=O)O. The van der Waals surface area contributed by atoms with Gasteiger partial charge in [0.1, 0.15) is 36.3 Å². The van der Waals surface area contributed by atoms with Crippen LogP contribution in [0.3, 0.4) is 0 Å². The fraction of sp³-hybridized carbons (Fsp3) is 0.737. The number of hydrogen-bond donors (Lipinski definition) is 13. The lowest BCUT2D eigenvalue weighted by molar-refractivity contribution is -0.146. The molecule has 23 nitrogen and oxygen atoms in total. The highest BCUT2D eigenvalue weighted by Crippen LogP contribution is 2.20. The van der Waals surface area contributed by atoms with E-state index in [0.717, 1.165) is 4.90 Å². The third-order valence-electron chi connectivity index (χ3n) is 9.90. The molecule has 0 aliphatic carbocycles. The van der Waals surface area contributed by atoms with Crippen molar-refractivity contribution in [3.63, 3.8) is 0 Å². The summed E-state index contributed by atoms with van der Waals surface area (Å²) in [6.45, 7) is 3.52. The molecule has 64 heavy (non-hydrogen) atoms. The number of carbonyl (C=O) groups excluding carboxylic acids is 7. The van der Waals surface area contributed by atoms with Crippen molar-refractivity contribution in [1.82, 2.24) is 36.4 Å². The summed E-state index contributed by atoms with van der Waals surface area (Å²) >= 11 is 9.50. The Morgan fingerprint density at radius 2 is 1.33 bits per heavy atom. The summed E-state index contributed by atoms with van der Waals surface area (Å²) in [5.74, 6) is -6.04. The fourth-order valence-corrected chi connectivity index (χ4v) is 7.44. The molecule has 26 heteroatoms. The van der Waals surface area contributed by atoms with E-state index in [-0.39, 0.29) is 93.9 Å². The molecule has 1 saturated heterocycles. The van der Waals surface area contributed by atoms with Gasteiger partial charge in [0, 0.05) is 38.2 Å². The predicted octanol–water partition coefficient (Wildman–Crippen LogP) is -3.57. The maximum Gasteiger partial charge on any atom is 0.327 e. The Hall–Kier alpha value is -4.69. The van der Waals surface area contributed by atoms with Gasteiger partial charge in [-0.25, -0.2) is 4.79 Å². The number of aliphatic carboxylic acids is 1. The summed E-state index contributed by atoms with van der Waals surface area (Å²) in [6, 6.07) is -7.91. The van der Waals surface area contributed by atoms with Crippen molar-refractivity contribution in [1.29, 1.82) is 0 Å².